The number of rotatable bonds is 11. The maximum Gasteiger partial charge on any atom is 0.310 e. The van der Waals surface area contributed by atoms with E-state index in [9.17, 15) is 14.4 Å². The van der Waals surface area contributed by atoms with Gasteiger partial charge in [-0.1, -0.05) is 94.0 Å². The van der Waals surface area contributed by atoms with Crippen LogP contribution in [0, 0.1) is 0 Å². The number of ether oxygens (including phenoxy) is 1. The van der Waals surface area contributed by atoms with Gasteiger partial charge in [-0.15, -0.1) is 0 Å². The third-order valence-corrected chi connectivity index (χ3v) is 7.12. The number of esters is 1. The highest BCUT2D eigenvalue weighted by atomic mass is 35.5. The molecule has 7 nitrogen and oxygen atoms in total. The quantitative estimate of drug-likeness (QED) is 0.0950. The summed E-state index contributed by atoms with van der Waals surface area (Å²) in [7, 11) is 0. The minimum atomic E-state index is -1.34. The first-order valence-electron chi connectivity index (χ1n) is 12.6. The van der Waals surface area contributed by atoms with E-state index in [0.717, 1.165) is 5.56 Å². The number of hydrogen-bond donors (Lipinski definition) is 0. The van der Waals surface area contributed by atoms with E-state index >= 15 is 0 Å². The summed E-state index contributed by atoms with van der Waals surface area (Å²) in [6.45, 7) is 2.07. The normalized spacial score (nSPS) is 11.0. The number of alkyl halides is 2. The maximum absolute atomic E-state index is 12.9. The molecule has 1 heterocycles. The summed E-state index contributed by atoms with van der Waals surface area (Å²) in [4.78, 5) is 37.6. The number of aromatic nitrogens is 1. The first-order valence-corrected chi connectivity index (χ1v) is 14.2. The van der Waals surface area contributed by atoms with Crippen LogP contribution < -0.4 is 4.90 Å². The van der Waals surface area contributed by atoms with Gasteiger partial charge in [-0.25, -0.2) is 0 Å². The molecule has 4 aromatic rings. The van der Waals surface area contributed by atoms with Gasteiger partial charge >= 0.3 is 5.97 Å². The molecule has 11 heteroatoms. The number of carbonyl (C=O) groups excluding carboxylic acids is 3. The Kier molecular flexibility index (Phi) is 10.5. The summed E-state index contributed by atoms with van der Waals surface area (Å²) in [5, 5.41) is 4.96. The van der Waals surface area contributed by atoms with E-state index in [4.69, 9.17) is 55.7 Å². The van der Waals surface area contributed by atoms with Crippen molar-refractivity contribution in [3.05, 3.63) is 94.0 Å². The van der Waals surface area contributed by atoms with Crippen molar-refractivity contribution in [3.8, 4) is 22.6 Å². The van der Waals surface area contributed by atoms with Crippen LogP contribution in [0.5, 0.6) is 0 Å². The molecule has 0 spiro atoms. The van der Waals surface area contributed by atoms with Crippen LogP contribution in [0.25, 0.3) is 22.6 Å². The summed E-state index contributed by atoms with van der Waals surface area (Å²) in [5.41, 5.74) is 3.25. The monoisotopic (exact) mass is 632 g/mol. The first kappa shape index (κ1) is 30.6. The molecule has 0 aliphatic heterocycles. The Labute approximate surface area is 256 Å². The summed E-state index contributed by atoms with van der Waals surface area (Å²) >= 11 is 24.5. The van der Waals surface area contributed by atoms with Gasteiger partial charge in [0.25, 0.3) is 5.91 Å². The van der Waals surface area contributed by atoms with Crippen LogP contribution in [-0.2, 0) is 20.7 Å². The molecule has 0 atom stereocenters. The van der Waals surface area contributed by atoms with Crippen molar-refractivity contribution in [2.24, 2.45) is 0 Å². The summed E-state index contributed by atoms with van der Waals surface area (Å²) in [5.74, 6) is -0.700. The van der Waals surface area contributed by atoms with E-state index in [2.05, 4.69) is 5.16 Å². The van der Waals surface area contributed by atoms with Crippen molar-refractivity contribution in [1.82, 2.24) is 5.16 Å². The molecular weight excluding hydrogens is 610 g/mol. The van der Waals surface area contributed by atoms with Crippen molar-refractivity contribution in [1.29, 1.82) is 0 Å². The van der Waals surface area contributed by atoms with Gasteiger partial charge in [0.05, 0.1) is 23.1 Å². The van der Waals surface area contributed by atoms with E-state index in [1.54, 1.807) is 79.7 Å². The largest absolute Gasteiger partial charge is 0.466 e. The number of nitrogens with zero attached hydrogens (tertiary/aromatic N) is 2. The van der Waals surface area contributed by atoms with Gasteiger partial charge in [0.1, 0.15) is 5.69 Å². The average Bonchev–Trinajstić information content (AvgIpc) is 3.43. The number of benzene rings is 3. The molecule has 1 amide bonds. The fourth-order valence-corrected chi connectivity index (χ4v) is 4.95. The van der Waals surface area contributed by atoms with E-state index < -0.39 is 10.7 Å². The second-order valence-corrected chi connectivity index (χ2v) is 10.8. The van der Waals surface area contributed by atoms with Gasteiger partial charge in [0.2, 0.25) is 0 Å². The predicted molar refractivity (Wildman–Crippen MR) is 161 cm³/mol. The molecule has 0 N–H and O–H groups in total. The topological polar surface area (TPSA) is 89.7 Å². The molecule has 0 radical (unpaired) electrons. The molecular formula is C30H24Cl4N2O5. The minimum absolute atomic E-state index is 0.00511. The van der Waals surface area contributed by atoms with Crippen molar-refractivity contribution in [3.63, 3.8) is 0 Å². The summed E-state index contributed by atoms with van der Waals surface area (Å²) in [6, 6.07) is 20.4. The van der Waals surface area contributed by atoms with Crippen LogP contribution in [0.2, 0.25) is 10.0 Å². The van der Waals surface area contributed by atoms with Gasteiger partial charge < -0.3 is 14.2 Å². The Morgan fingerprint density at radius 3 is 2.29 bits per heavy atom. The second kappa shape index (κ2) is 14.0. The standard InChI is InChI=1S/C30H24Cl4N2O5/c1-2-40-27(38)15-18-9-11-19(12-10-18)25(37)13-14-36(30(39)29(33)34)21-6-3-5-20(16-21)26-17-24(35-41-26)28-22(31)7-4-8-23(28)32/h3-12,16-17,29H,2,13-15H2,1H3. The number of hydrogen-bond acceptors (Lipinski definition) is 6. The lowest BCUT2D eigenvalue weighted by atomic mass is 10.0. The number of halogens is 4. The molecule has 1 aromatic heterocycles. The predicted octanol–water partition coefficient (Wildman–Crippen LogP) is 7.83. The van der Waals surface area contributed by atoms with Gasteiger partial charge in [-0.3, -0.25) is 14.4 Å². The zero-order valence-corrected chi connectivity index (χ0v) is 24.8. The molecule has 0 saturated heterocycles. The lowest BCUT2D eigenvalue weighted by Gasteiger charge is -2.23. The van der Waals surface area contributed by atoms with Gasteiger partial charge in [0.15, 0.2) is 16.4 Å². The maximum atomic E-state index is 12.9. The Morgan fingerprint density at radius 1 is 0.951 bits per heavy atom. The van der Waals surface area contributed by atoms with Crippen molar-refractivity contribution >= 4 is 69.8 Å². The van der Waals surface area contributed by atoms with Crippen LogP contribution in [0.1, 0.15) is 29.3 Å². The summed E-state index contributed by atoms with van der Waals surface area (Å²) < 4.78 is 10.5. The van der Waals surface area contributed by atoms with Crippen LogP contribution in [0.3, 0.4) is 0 Å². The Bertz CT molecular complexity index is 1530. The fraction of sp³-hybridized carbons (Fsp3) is 0.200. The molecule has 0 aliphatic rings. The highest BCUT2D eigenvalue weighted by Crippen LogP contribution is 2.36. The zero-order chi connectivity index (χ0) is 29.5. The molecule has 0 unspecified atom stereocenters. The highest BCUT2D eigenvalue weighted by Gasteiger charge is 2.24. The molecule has 0 aliphatic carbocycles. The molecule has 0 bridgehead atoms. The molecule has 3 aromatic carbocycles. The Morgan fingerprint density at radius 2 is 1.63 bits per heavy atom. The lowest BCUT2D eigenvalue weighted by molar-refractivity contribution is -0.142. The van der Waals surface area contributed by atoms with Crippen molar-refractivity contribution in [2.45, 2.75) is 24.6 Å². The number of anilines is 1. The second-order valence-electron chi connectivity index (χ2n) is 8.87. The van der Waals surface area contributed by atoms with E-state index in [0.29, 0.717) is 50.5 Å². The first-order chi connectivity index (χ1) is 19.7. The molecule has 41 heavy (non-hydrogen) atoms. The SMILES string of the molecule is CCOC(=O)Cc1ccc(C(=O)CCN(C(=O)C(Cl)Cl)c2cccc(-c3cc(-c4c(Cl)cccc4Cl)no3)c2)cc1. The van der Waals surface area contributed by atoms with Crippen molar-refractivity contribution < 1.29 is 23.6 Å². The van der Waals surface area contributed by atoms with Gasteiger partial charge in [0, 0.05) is 41.4 Å². The Balaban J connectivity index is 1.52. The average molecular weight is 634 g/mol. The number of carbonyl (C=O) groups is 3. The van der Waals surface area contributed by atoms with Crippen LogP contribution in [0.15, 0.2) is 77.3 Å². The Hall–Kier alpha value is -3.36. The van der Waals surface area contributed by atoms with E-state index in [1.807, 2.05) is 0 Å². The van der Waals surface area contributed by atoms with Crippen LogP contribution >= 0.6 is 46.4 Å². The summed E-state index contributed by atoms with van der Waals surface area (Å²) in [6.07, 6.45) is 0.122. The zero-order valence-electron chi connectivity index (χ0n) is 21.8. The van der Waals surface area contributed by atoms with E-state index in [1.165, 1.54) is 4.90 Å². The molecule has 0 fully saturated rings. The lowest BCUT2D eigenvalue weighted by Crippen LogP contribution is -2.36. The number of ketones is 1. The fourth-order valence-electron chi connectivity index (χ4n) is 4.13. The third-order valence-electron chi connectivity index (χ3n) is 6.12. The van der Waals surface area contributed by atoms with Gasteiger partial charge in [-0.05, 0) is 36.8 Å². The van der Waals surface area contributed by atoms with Gasteiger partial charge in [-0.2, -0.15) is 0 Å². The highest BCUT2D eigenvalue weighted by molar-refractivity contribution is 6.54. The number of amides is 1. The molecule has 0 saturated carbocycles. The van der Waals surface area contributed by atoms with Crippen LogP contribution in [-0.4, -0.2) is 40.8 Å². The smallest absolute Gasteiger partial charge is 0.310 e. The van der Waals surface area contributed by atoms with E-state index in [-0.39, 0.29) is 31.1 Å². The molecule has 4 rings (SSSR count). The number of Topliss-reactive ketones (excluding diaryl/α,β-unsaturated/α-hetero) is 1. The van der Waals surface area contributed by atoms with Crippen molar-refractivity contribution in [2.75, 3.05) is 18.1 Å². The third kappa shape index (κ3) is 7.68. The minimum Gasteiger partial charge on any atom is -0.466 e. The molecule has 212 valence electrons. The van der Waals surface area contributed by atoms with Crippen LogP contribution in [0.4, 0.5) is 5.69 Å².